The molecule has 0 aliphatic carbocycles. The van der Waals surface area contributed by atoms with E-state index < -0.39 is 9.84 Å². The maximum atomic E-state index is 13.2. The first-order valence-corrected chi connectivity index (χ1v) is 14.9. The molecule has 1 aliphatic rings. The molecule has 0 unspecified atom stereocenters. The Morgan fingerprint density at radius 3 is 2.37 bits per heavy atom. The van der Waals surface area contributed by atoms with E-state index >= 15 is 0 Å². The highest BCUT2D eigenvalue weighted by Gasteiger charge is 2.23. The third kappa shape index (κ3) is 5.98. The minimum Gasteiger partial charge on any atom is -0.345 e. The van der Waals surface area contributed by atoms with Gasteiger partial charge in [-0.1, -0.05) is 72.8 Å². The first-order chi connectivity index (χ1) is 18.4. The minimum absolute atomic E-state index is 0.0733. The van der Waals surface area contributed by atoms with E-state index in [4.69, 9.17) is 0 Å². The van der Waals surface area contributed by atoms with Crippen LogP contribution in [0.1, 0.15) is 53.2 Å². The molecule has 1 heterocycles. The molecule has 0 radical (unpaired) electrons. The number of sulfone groups is 1. The maximum absolute atomic E-state index is 13.2. The fourth-order valence-electron chi connectivity index (χ4n) is 5.40. The fourth-order valence-corrected chi connectivity index (χ4v) is 6.71. The summed E-state index contributed by atoms with van der Waals surface area (Å²) in [6.07, 6.45) is 1.89. The Labute approximate surface area is 225 Å². The number of piperidine rings is 1. The van der Waals surface area contributed by atoms with Crippen molar-refractivity contribution >= 4 is 26.5 Å². The van der Waals surface area contributed by atoms with Gasteiger partial charge in [-0.15, -0.1) is 0 Å². The van der Waals surface area contributed by atoms with Gasteiger partial charge in [-0.2, -0.15) is 0 Å². The molecule has 4 aromatic carbocycles. The zero-order valence-corrected chi connectivity index (χ0v) is 22.5. The van der Waals surface area contributed by atoms with Crippen LogP contribution in [0.4, 0.5) is 0 Å². The highest BCUT2D eigenvalue weighted by atomic mass is 32.2. The number of rotatable bonds is 8. The van der Waals surface area contributed by atoms with Gasteiger partial charge in [0, 0.05) is 12.1 Å². The second-order valence-corrected chi connectivity index (χ2v) is 12.2. The van der Waals surface area contributed by atoms with Gasteiger partial charge in [-0.3, -0.25) is 4.79 Å². The number of fused-ring (bicyclic) bond motifs is 1. The van der Waals surface area contributed by atoms with Crippen LogP contribution in [-0.2, 0) is 9.84 Å². The van der Waals surface area contributed by atoms with Gasteiger partial charge in [0.15, 0.2) is 9.84 Å². The Bertz CT molecular complexity index is 1510. The molecule has 5 rings (SSSR count). The lowest BCUT2D eigenvalue weighted by atomic mass is 9.88. The fraction of sp³-hybridized carbons (Fsp3) is 0.281. The summed E-state index contributed by atoms with van der Waals surface area (Å²) in [5.41, 5.74) is 2.95. The van der Waals surface area contributed by atoms with Crippen LogP contribution in [0.2, 0.25) is 0 Å². The van der Waals surface area contributed by atoms with Crippen molar-refractivity contribution in [3.8, 4) is 0 Å². The van der Waals surface area contributed by atoms with Crippen molar-refractivity contribution in [1.82, 2.24) is 10.2 Å². The van der Waals surface area contributed by atoms with Crippen molar-refractivity contribution < 1.29 is 13.2 Å². The summed E-state index contributed by atoms with van der Waals surface area (Å²) in [7, 11) is -3.27. The Balaban J connectivity index is 1.18. The standard InChI is InChI=1S/C32H34N2O3S/c1-24(30-16-8-10-26-9-5-6-15-31(26)30)33-32(35)28-12-7-11-27(23-28)25-17-19-34(20-18-25)21-22-38(36,37)29-13-3-2-4-14-29/h2-16,23-25H,17-22H2,1H3,(H,33,35)/t24-/m1/s1. The number of benzene rings is 4. The molecule has 38 heavy (non-hydrogen) atoms. The molecule has 1 atom stereocenters. The summed E-state index contributed by atoms with van der Waals surface area (Å²) in [5, 5.41) is 5.50. The van der Waals surface area contributed by atoms with Crippen LogP contribution in [0.15, 0.2) is 102 Å². The van der Waals surface area contributed by atoms with Crippen LogP contribution >= 0.6 is 0 Å². The Morgan fingerprint density at radius 1 is 0.895 bits per heavy atom. The highest BCUT2D eigenvalue weighted by Crippen LogP contribution is 2.29. The van der Waals surface area contributed by atoms with Gasteiger partial charge in [0.1, 0.15) is 0 Å². The van der Waals surface area contributed by atoms with Crippen LogP contribution in [0, 0.1) is 0 Å². The molecule has 0 aromatic heterocycles. The molecule has 1 amide bonds. The smallest absolute Gasteiger partial charge is 0.251 e. The van der Waals surface area contributed by atoms with E-state index in [1.54, 1.807) is 24.3 Å². The van der Waals surface area contributed by atoms with Crippen LogP contribution < -0.4 is 5.32 Å². The Hall–Kier alpha value is -3.48. The lowest BCUT2D eigenvalue weighted by Gasteiger charge is -2.32. The average molecular weight is 527 g/mol. The second kappa shape index (κ2) is 11.5. The van der Waals surface area contributed by atoms with Crippen molar-refractivity contribution in [2.45, 2.75) is 36.6 Å². The van der Waals surface area contributed by atoms with E-state index in [1.165, 1.54) is 5.56 Å². The zero-order chi connectivity index (χ0) is 26.5. The van der Waals surface area contributed by atoms with Gasteiger partial charge >= 0.3 is 0 Å². The second-order valence-electron chi connectivity index (χ2n) is 10.1. The third-order valence-electron chi connectivity index (χ3n) is 7.62. The lowest BCUT2D eigenvalue weighted by Crippen LogP contribution is -2.36. The third-order valence-corrected chi connectivity index (χ3v) is 9.33. The monoisotopic (exact) mass is 526 g/mol. The van der Waals surface area contributed by atoms with Crippen molar-refractivity contribution in [3.63, 3.8) is 0 Å². The number of nitrogens with one attached hydrogen (secondary N) is 1. The van der Waals surface area contributed by atoms with Gasteiger partial charge in [0.2, 0.25) is 0 Å². The number of carbonyl (C=O) groups excluding carboxylic acids is 1. The summed E-state index contributed by atoms with van der Waals surface area (Å²) in [5.74, 6) is 0.419. The molecule has 1 N–H and O–H groups in total. The molecule has 1 aliphatic heterocycles. The number of carbonyl (C=O) groups is 1. The van der Waals surface area contributed by atoms with Crippen molar-refractivity contribution in [3.05, 3.63) is 114 Å². The molecule has 6 heteroatoms. The summed E-state index contributed by atoms with van der Waals surface area (Å²) >= 11 is 0. The number of likely N-dealkylation sites (tertiary alicyclic amines) is 1. The van der Waals surface area contributed by atoms with Crippen molar-refractivity contribution in [1.29, 1.82) is 0 Å². The van der Waals surface area contributed by atoms with Crippen LogP contribution in [0.25, 0.3) is 10.8 Å². The first kappa shape index (κ1) is 26.1. The molecule has 0 spiro atoms. The van der Waals surface area contributed by atoms with Gasteiger partial charge in [0.05, 0.1) is 16.7 Å². The largest absolute Gasteiger partial charge is 0.345 e. The molecule has 0 bridgehead atoms. The summed E-state index contributed by atoms with van der Waals surface area (Å²) < 4.78 is 25.3. The molecular formula is C32H34N2O3S. The number of amides is 1. The Morgan fingerprint density at radius 2 is 1.58 bits per heavy atom. The number of hydrogen-bond donors (Lipinski definition) is 1. The van der Waals surface area contributed by atoms with E-state index in [-0.39, 0.29) is 17.7 Å². The predicted molar refractivity (Wildman–Crippen MR) is 153 cm³/mol. The van der Waals surface area contributed by atoms with Crippen molar-refractivity contribution in [2.24, 2.45) is 0 Å². The maximum Gasteiger partial charge on any atom is 0.251 e. The van der Waals surface area contributed by atoms with E-state index in [9.17, 15) is 13.2 Å². The van der Waals surface area contributed by atoms with E-state index in [2.05, 4.69) is 40.5 Å². The van der Waals surface area contributed by atoms with Crippen molar-refractivity contribution in [2.75, 3.05) is 25.4 Å². The quantitative estimate of drug-likeness (QED) is 0.307. The van der Waals surface area contributed by atoms with E-state index in [1.807, 2.05) is 49.4 Å². The lowest BCUT2D eigenvalue weighted by molar-refractivity contribution is 0.0940. The molecule has 0 saturated carbocycles. The summed E-state index contributed by atoms with van der Waals surface area (Å²) in [6.45, 7) is 4.27. The SMILES string of the molecule is C[C@@H](NC(=O)c1cccc(C2CCN(CCS(=O)(=O)c3ccccc3)CC2)c1)c1cccc2ccccc12. The highest BCUT2D eigenvalue weighted by molar-refractivity contribution is 7.91. The van der Waals surface area contributed by atoms with E-state index in [0.717, 1.165) is 42.3 Å². The molecule has 1 fully saturated rings. The van der Waals surface area contributed by atoms with E-state index in [0.29, 0.717) is 22.9 Å². The van der Waals surface area contributed by atoms with Gasteiger partial charge in [-0.25, -0.2) is 8.42 Å². The van der Waals surface area contributed by atoms with Crippen LogP contribution in [0.3, 0.4) is 0 Å². The molecule has 1 saturated heterocycles. The minimum atomic E-state index is -3.27. The predicted octanol–water partition coefficient (Wildman–Crippen LogP) is 5.98. The Kier molecular flexibility index (Phi) is 7.91. The van der Waals surface area contributed by atoms with Crippen LogP contribution in [-0.4, -0.2) is 44.6 Å². The molecular weight excluding hydrogens is 492 g/mol. The summed E-state index contributed by atoms with van der Waals surface area (Å²) in [6, 6.07) is 30.9. The van der Waals surface area contributed by atoms with Gasteiger partial charge in [-0.05, 0) is 84.9 Å². The molecule has 5 nitrogen and oxygen atoms in total. The van der Waals surface area contributed by atoms with Crippen LogP contribution in [0.5, 0.6) is 0 Å². The zero-order valence-electron chi connectivity index (χ0n) is 21.7. The first-order valence-electron chi connectivity index (χ1n) is 13.3. The summed E-state index contributed by atoms with van der Waals surface area (Å²) in [4.78, 5) is 15.8. The normalized spacial score (nSPS) is 15.8. The topological polar surface area (TPSA) is 66.5 Å². The number of hydrogen-bond acceptors (Lipinski definition) is 4. The van der Waals surface area contributed by atoms with Gasteiger partial charge < -0.3 is 10.2 Å². The number of nitrogens with zero attached hydrogens (tertiary/aromatic N) is 1. The average Bonchev–Trinajstić information content (AvgIpc) is 2.96. The molecule has 4 aromatic rings. The van der Waals surface area contributed by atoms with Gasteiger partial charge in [0.25, 0.3) is 5.91 Å². The molecule has 196 valence electrons.